The number of nitrogens with one attached hydrogen (secondary N) is 1. The third-order valence-electron chi connectivity index (χ3n) is 2.44. The van der Waals surface area contributed by atoms with Crippen molar-refractivity contribution >= 4 is 35.2 Å². The number of pyridine rings is 1. The lowest BCUT2D eigenvalue weighted by atomic mass is 10.3. The van der Waals surface area contributed by atoms with Crippen molar-refractivity contribution in [2.24, 2.45) is 0 Å². The molecule has 0 saturated carbocycles. The first-order chi connectivity index (χ1) is 9.08. The number of carbonyl (C=O) groups excluding carboxylic acids is 2. The molecular formula is C11H11N3O4S. The first kappa shape index (κ1) is 13.3. The summed E-state index contributed by atoms with van der Waals surface area (Å²) in [6, 6.07) is 2.98. The van der Waals surface area contributed by atoms with Crippen LogP contribution in [-0.4, -0.2) is 50.9 Å². The molecule has 100 valence electrons. The molecule has 0 radical (unpaired) electrons. The van der Waals surface area contributed by atoms with Gasteiger partial charge in [0.2, 0.25) is 11.8 Å². The summed E-state index contributed by atoms with van der Waals surface area (Å²) in [7, 11) is 0. The largest absolute Gasteiger partial charge is 0.476 e. The van der Waals surface area contributed by atoms with Gasteiger partial charge in [0.15, 0.2) is 5.69 Å². The smallest absolute Gasteiger partial charge is 0.356 e. The van der Waals surface area contributed by atoms with Crippen LogP contribution in [0.4, 0.5) is 5.69 Å². The van der Waals surface area contributed by atoms with E-state index >= 15 is 0 Å². The Kier molecular flexibility index (Phi) is 4.00. The van der Waals surface area contributed by atoms with Gasteiger partial charge in [-0.3, -0.25) is 9.59 Å². The van der Waals surface area contributed by atoms with E-state index in [1.807, 2.05) is 0 Å². The van der Waals surface area contributed by atoms with E-state index < -0.39 is 11.9 Å². The Balaban J connectivity index is 2.03. The SMILES string of the molecule is O=C(CN1CSCC1=O)Nc1cccnc1C(=O)O. The van der Waals surface area contributed by atoms with Crippen LogP contribution in [0.15, 0.2) is 18.3 Å². The van der Waals surface area contributed by atoms with Gasteiger partial charge in [-0.05, 0) is 12.1 Å². The zero-order valence-corrected chi connectivity index (χ0v) is 10.6. The lowest BCUT2D eigenvalue weighted by Crippen LogP contribution is -2.34. The summed E-state index contributed by atoms with van der Waals surface area (Å²) in [4.78, 5) is 39.1. The van der Waals surface area contributed by atoms with Gasteiger partial charge in [-0.15, -0.1) is 11.8 Å². The maximum Gasteiger partial charge on any atom is 0.356 e. The van der Waals surface area contributed by atoms with E-state index in [1.165, 1.54) is 35.0 Å². The Morgan fingerprint density at radius 3 is 2.95 bits per heavy atom. The Morgan fingerprint density at radius 2 is 2.32 bits per heavy atom. The molecule has 19 heavy (non-hydrogen) atoms. The number of carboxylic acid groups (broad SMARTS) is 1. The summed E-state index contributed by atoms with van der Waals surface area (Å²) in [5.41, 5.74) is -0.0997. The van der Waals surface area contributed by atoms with E-state index in [-0.39, 0.29) is 23.8 Å². The standard InChI is InChI=1S/C11H11N3O4S/c15-8(4-14-6-19-5-9(14)16)13-7-2-1-3-12-10(7)11(17)18/h1-3H,4-6H2,(H,13,15)(H,17,18). The molecule has 2 rings (SSSR count). The minimum absolute atomic E-state index is 0.0835. The normalized spacial score (nSPS) is 14.5. The molecule has 0 bridgehead atoms. The average Bonchev–Trinajstić information content (AvgIpc) is 2.75. The van der Waals surface area contributed by atoms with Crippen molar-refractivity contribution in [2.45, 2.75) is 0 Å². The molecule has 1 aliphatic heterocycles. The Hall–Kier alpha value is -2.09. The molecule has 8 heteroatoms. The zero-order valence-electron chi connectivity index (χ0n) is 9.83. The molecule has 1 aromatic heterocycles. The fourth-order valence-corrected chi connectivity index (χ4v) is 2.48. The first-order valence-corrected chi connectivity index (χ1v) is 6.57. The molecule has 1 fully saturated rings. The van der Waals surface area contributed by atoms with Crippen molar-refractivity contribution in [3.63, 3.8) is 0 Å². The number of carbonyl (C=O) groups is 3. The van der Waals surface area contributed by atoms with Crippen molar-refractivity contribution in [1.82, 2.24) is 9.88 Å². The highest BCUT2D eigenvalue weighted by molar-refractivity contribution is 8.00. The number of nitrogens with zero attached hydrogens (tertiary/aromatic N) is 2. The molecule has 0 unspecified atom stereocenters. The maximum absolute atomic E-state index is 11.8. The van der Waals surface area contributed by atoms with Crippen LogP contribution in [0.5, 0.6) is 0 Å². The van der Waals surface area contributed by atoms with Gasteiger partial charge < -0.3 is 15.3 Å². The highest BCUT2D eigenvalue weighted by Crippen LogP contribution is 2.15. The first-order valence-electron chi connectivity index (χ1n) is 5.41. The molecule has 0 aliphatic carbocycles. The van der Waals surface area contributed by atoms with Crippen molar-refractivity contribution < 1.29 is 19.5 Å². The van der Waals surface area contributed by atoms with Crippen LogP contribution in [-0.2, 0) is 9.59 Å². The van der Waals surface area contributed by atoms with Crippen molar-refractivity contribution in [2.75, 3.05) is 23.5 Å². The van der Waals surface area contributed by atoms with Crippen molar-refractivity contribution in [3.8, 4) is 0 Å². The van der Waals surface area contributed by atoms with Gasteiger partial charge in [0.25, 0.3) is 0 Å². The highest BCUT2D eigenvalue weighted by Gasteiger charge is 2.23. The predicted octanol–water partition coefficient (Wildman–Crippen LogP) is 0.251. The molecule has 7 nitrogen and oxygen atoms in total. The van der Waals surface area contributed by atoms with E-state index in [2.05, 4.69) is 10.3 Å². The van der Waals surface area contributed by atoms with Gasteiger partial charge in [-0.1, -0.05) is 0 Å². The lowest BCUT2D eigenvalue weighted by molar-refractivity contribution is -0.130. The number of hydrogen-bond acceptors (Lipinski definition) is 5. The molecular weight excluding hydrogens is 270 g/mol. The van der Waals surface area contributed by atoms with Gasteiger partial charge in [0.1, 0.15) is 6.54 Å². The number of hydrogen-bond donors (Lipinski definition) is 2. The number of aromatic carboxylic acids is 1. The topological polar surface area (TPSA) is 99.6 Å². The zero-order chi connectivity index (χ0) is 13.8. The average molecular weight is 281 g/mol. The van der Waals surface area contributed by atoms with Crippen molar-refractivity contribution in [1.29, 1.82) is 0 Å². The summed E-state index contributed by atoms with van der Waals surface area (Å²) in [5.74, 6) is -0.897. The monoisotopic (exact) mass is 281 g/mol. The second kappa shape index (κ2) is 5.70. The molecule has 2 N–H and O–H groups in total. The Morgan fingerprint density at radius 1 is 1.53 bits per heavy atom. The van der Waals surface area contributed by atoms with Crippen LogP contribution in [0.2, 0.25) is 0 Å². The fourth-order valence-electron chi connectivity index (χ4n) is 1.58. The summed E-state index contributed by atoms with van der Waals surface area (Å²) >= 11 is 1.44. The van der Waals surface area contributed by atoms with E-state index in [1.54, 1.807) is 0 Å². The van der Waals surface area contributed by atoms with Crippen LogP contribution in [0.25, 0.3) is 0 Å². The third kappa shape index (κ3) is 3.22. The van der Waals surface area contributed by atoms with Crippen molar-refractivity contribution in [3.05, 3.63) is 24.0 Å². The summed E-state index contributed by atoms with van der Waals surface area (Å²) in [5, 5.41) is 11.4. The summed E-state index contributed by atoms with van der Waals surface area (Å²) < 4.78 is 0. The molecule has 0 aromatic carbocycles. The molecule has 0 spiro atoms. The number of carboxylic acids is 1. The van der Waals surface area contributed by atoms with Gasteiger partial charge >= 0.3 is 5.97 Å². The van der Waals surface area contributed by atoms with E-state index in [0.717, 1.165) is 0 Å². The number of aromatic nitrogens is 1. The molecule has 1 saturated heterocycles. The minimum atomic E-state index is -1.22. The highest BCUT2D eigenvalue weighted by atomic mass is 32.2. The molecule has 0 atom stereocenters. The molecule has 2 heterocycles. The van der Waals surface area contributed by atoms with Gasteiger partial charge in [0, 0.05) is 6.20 Å². The summed E-state index contributed by atoms with van der Waals surface area (Å²) in [6.07, 6.45) is 1.33. The van der Waals surface area contributed by atoms with Crippen LogP contribution in [0, 0.1) is 0 Å². The molecule has 1 aliphatic rings. The van der Waals surface area contributed by atoms with Gasteiger partial charge in [0.05, 0.1) is 17.3 Å². The third-order valence-corrected chi connectivity index (χ3v) is 3.39. The van der Waals surface area contributed by atoms with E-state index in [4.69, 9.17) is 5.11 Å². The molecule has 1 aromatic rings. The number of thioether (sulfide) groups is 1. The molecule has 2 amide bonds. The van der Waals surface area contributed by atoms with Gasteiger partial charge in [-0.2, -0.15) is 0 Å². The van der Waals surface area contributed by atoms with E-state index in [9.17, 15) is 14.4 Å². The second-order valence-corrected chi connectivity index (χ2v) is 4.78. The number of anilines is 1. The number of rotatable bonds is 4. The predicted molar refractivity (Wildman–Crippen MR) is 68.9 cm³/mol. The fraction of sp³-hybridized carbons (Fsp3) is 0.273. The van der Waals surface area contributed by atoms with Crippen LogP contribution in [0.3, 0.4) is 0 Å². The van der Waals surface area contributed by atoms with Gasteiger partial charge in [-0.25, -0.2) is 9.78 Å². The Labute approximate surface area is 113 Å². The summed E-state index contributed by atoms with van der Waals surface area (Å²) in [6.45, 7) is -0.0835. The van der Waals surface area contributed by atoms with Crippen LogP contribution in [0.1, 0.15) is 10.5 Å². The Bertz CT molecular complexity index is 534. The lowest BCUT2D eigenvalue weighted by Gasteiger charge is -2.14. The van der Waals surface area contributed by atoms with Crippen LogP contribution >= 0.6 is 11.8 Å². The van der Waals surface area contributed by atoms with E-state index in [0.29, 0.717) is 11.6 Å². The second-order valence-electron chi connectivity index (χ2n) is 3.82. The maximum atomic E-state index is 11.8. The van der Waals surface area contributed by atoms with Crippen LogP contribution < -0.4 is 5.32 Å². The number of amides is 2. The minimum Gasteiger partial charge on any atom is -0.476 e. The quantitative estimate of drug-likeness (QED) is 0.820.